The summed E-state index contributed by atoms with van der Waals surface area (Å²) in [6.45, 7) is 2.39. The number of methoxy groups -OCH3 is 2. The smallest absolute Gasteiger partial charge is 0.264 e. The van der Waals surface area contributed by atoms with Gasteiger partial charge in [0.05, 0.1) is 36.5 Å². The molecule has 152 valence electrons. The van der Waals surface area contributed by atoms with Crippen molar-refractivity contribution in [2.45, 2.75) is 13.5 Å². The predicted octanol–water partition coefficient (Wildman–Crippen LogP) is 4.86. The van der Waals surface area contributed by atoms with Gasteiger partial charge in [0, 0.05) is 18.5 Å². The van der Waals surface area contributed by atoms with E-state index in [1.165, 1.54) is 18.4 Å². The van der Waals surface area contributed by atoms with Gasteiger partial charge in [-0.3, -0.25) is 14.7 Å². The fourth-order valence-corrected chi connectivity index (χ4v) is 4.22. The molecule has 4 rings (SSSR count). The maximum Gasteiger partial charge on any atom is 0.264 e. The van der Waals surface area contributed by atoms with E-state index in [1.807, 2.05) is 31.2 Å². The zero-order chi connectivity index (χ0) is 21.1. The van der Waals surface area contributed by atoms with Crippen LogP contribution in [0, 0.1) is 6.92 Å². The molecule has 0 aliphatic rings. The third kappa shape index (κ3) is 3.97. The van der Waals surface area contributed by atoms with E-state index in [4.69, 9.17) is 14.5 Å². The number of nitrogens with zero attached hydrogens (tertiary/aromatic N) is 3. The summed E-state index contributed by atoms with van der Waals surface area (Å²) in [5.41, 5.74) is 3.37. The largest absolute Gasteiger partial charge is 0.497 e. The second-order valence-electron chi connectivity index (χ2n) is 6.79. The maximum absolute atomic E-state index is 13.6. The zero-order valence-electron chi connectivity index (χ0n) is 17.0. The molecule has 0 fully saturated rings. The van der Waals surface area contributed by atoms with Crippen molar-refractivity contribution in [1.29, 1.82) is 0 Å². The minimum absolute atomic E-state index is 0.200. The number of anilines is 1. The molecule has 0 saturated carbocycles. The van der Waals surface area contributed by atoms with Crippen LogP contribution in [0.3, 0.4) is 0 Å². The number of rotatable bonds is 6. The van der Waals surface area contributed by atoms with Crippen LogP contribution in [0.4, 0.5) is 5.13 Å². The Hall–Kier alpha value is -3.45. The number of carbonyl (C=O) groups excluding carboxylic acids is 1. The highest BCUT2D eigenvalue weighted by molar-refractivity contribution is 7.22. The number of fused-ring (bicyclic) bond motifs is 1. The highest BCUT2D eigenvalue weighted by atomic mass is 32.1. The van der Waals surface area contributed by atoms with Gasteiger partial charge in [-0.15, -0.1) is 0 Å². The van der Waals surface area contributed by atoms with Gasteiger partial charge in [0.2, 0.25) is 0 Å². The second-order valence-corrected chi connectivity index (χ2v) is 7.80. The van der Waals surface area contributed by atoms with Gasteiger partial charge >= 0.3 is 0 Å². The minimum Gasteiger partial charge on any atom is -0.497 e. The minimum atomic E-state index is -0.200. The summed E-state index contributed by atoms with van der Waals surface area (Å²) in [5.74, 6) is 0.874. The summed E-state index contributed by atoms with van der Waals surface area (Å²) in [5, 5.41) is 0.627. The summed E-state index contributed by atoms with van der Waals surface area (Å²) in [4.78, 5) is 24.2. The third-order valence-corrected chi connectivity index (χ3v) is 5.75. The number of amides is 1. The molecule has 4 aromatic rings. The fourth-order valence-electron chi connectivity index (χ4n) is 3.16. The van der Waals surface area contributed by atoms with Crippen molar-refractivity contribution in [2.24, 2.45) is 0 Å². The Balaban J connectivity index is 1.79. The standard InChI is InChI=1S/C23H21N3O3S/c1-15-6-9-19-21(11-15)30-23(25-19)26(14-16-5-4-10-24-13-16)22(27)18-8-7-17(28-2)12-20(18)29-3/h4-13H,14H2,1-3H3. The van der Waals surface area contributed by atoms with Crippen LogP contribution in [-0.4, -0.2) is 30.1 Å². The van der Waals surface area contributed by atoms with Crippen molar-refractivity contribution in [2.75, 3.05) is 19.1 Å². The summed E-state index contributed by atoms with van der Waals surface area (Å²) in [7, 11) is 3.12. The number of hydrogen-bond acceptors (Lipinski definition) is 6. The Morgan fingerprint density at radius 3 is 2.70 bits per heavy atom. The summed E-state index contributed by atoms with van der Waals surface area (Å²) >= 11 is 1.49. The average Bonchev–Trinajstić information content (AvgIpc) is 3.20. The first-order chi connectivity index (χ1) is 14.6. The van der Waals surface area contributed by atoms with Crippen molar-refractivity contribution in [3.05, 3.63) is 77.6 Å². The topological polar surface area (TPSA) is 64.5 Å². The second kappa shape index (κ2) is 8.51. The summed E-state index contributed by atoms with van der Waals surface area (Å²) in [6.07, 6.45) is 3.46. The SMILES string of the molecule is COc1ccc(C(=O)N(Cc2cccnc2)c2nc3ccc(C)cc3s2)c(OC)c1. The number of carbonyl (C=O) groups is 1. The van der Waals surface area contributed by atoms with Gasteiger partial charge < -0.3 is 9.47 Å². The molecule has 2 heterocycles. The molecule has 0 aliphatic heterocycles. The molecule has 2 aromatic carbocycles. The Morgan fingerprint density at radius 1 is 1.10 bits per heavy atom. The van der Waals surface area contributed by atoms with E-state index in [2.05, 4.69) is 11.1 Å². The van der Waals surface area contributed by atoms with Gasteiger partial charge in [0.25, 0.3) is 5.91 Å². The Bertz CT molecular complexity index is 1190. The van der Waals surface area contributed by atoms with Crippen molar-refractivity contribution >= 4 is 32.6 Å². The molecule has 0 atom stereocenters. The van der Waals surface area contributed by atoms with Crippen molar-refractivity contribution < 1.29 is 14.3 Å². The van der Waals surface area contributed by atoms with Crippen LogP contribution >= 0.6 is 11.3 Å². The number of pyridine rings is 1. The van der Waals surface area contributed by atoms with Gasteiger partial charge in [-0.05, 0) is 48.4 Å². The lowest BCUT2D eigenvalue weighted by Gasteiger charge is -2.21. The molecule has 0 bridgehead atoms. The first-order valence-electron chi connectivity index (χ1n) is 9.39. The monoisotopic (exact) mass is 419 g/mol. The molecule has 0 aliphatic carbocycles. The molecule has 7 heteroatoms. The number of thiazole rings is 1. The number of benzene rings is 2. The van der Waals surface area contributed by atoms with Crippen LogP contribution in [0.2, 0.25) is 0 Å². The Kier molecular flexibility index (Phi) is 5.63. The van der Waals surface area contributed by atoms with Crippen LogP contribution in [-0.2, 0) is 6.54 Å². The first kappa shape index (κ1) is 19.8. The van der Waals surface area contributed by atoms with Crippen LogP contribution in [0.5, 0.6) is 11.5 Å². The average molecular weight is 420 g/mol. The van der Waals surface area contributed by atoms with Crippen LogP contribution in [0.1, 0.15) is 21.5 Å². The lowest BCUT2D eigenvalue weighted by molar-refractivity contribution is 0.0982. The van der Waals surface area contributed by atoms with E-state index in [-0.39, 0.29) is 5.91 Å². The highest BCUT2D eigenvalue weighted by Gasteiger charge is 2.25. The van der Waals surface area contributed by atoms with Gasteiger partial charge in [0.1, 0.15) is 11.5 Å². The third-order valence-electron chi connectivity index (χ3n) is 4.71. The predicted molar refractivity (Wildman–Crippen MR) is 119 cm³/mol. The first-order valence-corrected chi connectivity index (χ1v) is 10.2. The van der Waals surface area contributed by atoms with Gasteiger partial charge in [-0.25, -0.2) is 4.98 Å². The molecule has 0 spiro atoms. The Morgan fingerprint density at radius 2 is 1.97 bits per heavy atom. The van der Waals surface area contributed by atoms with Crippen LogP contribution in [0.15, 0.2) is 60.9 Å². The number of ether oxygens (including phenoxy) is 2. The number of hydrogen-bond donors (Lipinski definition) is 0. The molecule has 0 saturated heterocycles. The summed E-state index contributed by atoms with van der Waals surface area (Å²) in [6, 6.07) is 15.0. The van der Waals surface area contributed by atoms with E-state index >= 15 is 0 Å². The lowest BCUT2D eigenvalue weighted by atomic mass is 10.1. The van der Waals surface area contributed by atoms with Crippen LogP contribution < -0.4 is 14.4 Å². The maximum atomic E-state index is 13.6. The van der Waals surface area contributed by atoms with E-state index in [9.17, 15) is 4.79 Å². The number of aryl methyl sites for hydroxylation is 1. The summed E-state index contributed by atoms with van der Waals surface area (Å²) < 4.78 is 11.8. The molecular weight excluding hydrogens is 398 g/mol. The van der Waals surface area contributed by atoms with E-state index in [0.717, 1.165) is 21.3 Å². The van der Waals surface area contributed by atoms with Crippen molar-refractivity contribution in [3.8, 4) is 11.5 Å². The highest BCUT2D eigenvalue weighted by Crippen LogP contribution is 2.33. The van der Waals surface area contributed by atoms with Gasteiger partial charge in [-0.1, -0.05) is 23.5 Å². The van der Waals surface area contributed by atoms with E-state index in [0.29, 0.717) is 28.7 Å². The molecule has 0 N–H and O–H groups in total. The van der Waals surface area contributed by atoms with Crippen molar-refractivity contribution in [1.82, 2.24) is 9.97 Å². The van der Waals surface area contributed by atoms with E-state index < -0.39 is 0 Å². The fraction of sp³-hybridized carbons (Fsp3) is 0.174. The molecule has 1 amide bonds. The lowest BCUT2D eigenvalue weighted by Crippen LogP contribution is -2.30. The molecule has 30 heavy (non-hydrogen) atoms. The molecule has 2 aromatic heterocycles. The van der Waals surface area contributed by atoms with E-state index in [1.54, 1.807) is 42.6 Å². The normalized spacial score (nSPS) is 10.8. The number of aromatic nitrogens is 2. The van der Waals surface area contributed by atoms with Crippen LogP contribution in [0.25, 0.3) is 10.2 Å². The molecule has 0 unspecified atom stereocenters. The quantitative estimate of drug-likeness (QED) is 0.446. The molecule has 0 radical (unpaired) electrons. The van der Waals surface area contributed by atoms with Crippen molar-refractivity contribution in [3.63, 3.8) is 0 Å². The van der Waals surface area contributed by atoms with Gasteiger partial charge in [-0.2, -0.15) is 0 Å². The van der Waals surface area contributed by atoms with Gasteiger partial charge in [0.15, 0.2) is 5.13 Å². The molecular formula is C23H21N3O3S. The Labute approximate surface area is 178 Å². The zero-order valence-corrected chi connectivity index (χ0v) is 17.8. The molecule has 6 nitrogen and oxygen atoms in total.